The molecule has 23 heavy (non-hydrogen) atoms. The maximum Gasteiger partial charge on any atom is 0.126 e. The van der Waals surface area contributed by atoms with Gasteiger partial charge in [0, 0.05) is 6.42 Å². The molecular weight excluding hydrogens is 291 g/mol. The molecule has 0 aliphatic rings. The molecule has 0 heterocycles. The fraction of sp³-hybridized carbons (Fsp3) is 0.950. The number of hydrogen-bond acceptors (Lipinski definition) is 2. The molecule has 0 aliphatic heterocycles. The summed E-state index contributed by atoms with van der Waals surface area (Å²) >= 11 is 0. The van der Waals surface area contributed by atoms with E-state index >= 15 is 0 Å². The molecule has 0 fully saturated rings. The van der Waals surface area contributed by atoms with Crippen LogP contribution in [0.25, 0.3) is 0 Å². The molecule has 138 valence electrons. The van der Waals surface area contributed by atoms with Crippen molar-refractivity contribution >= 4 is 6.29 Å². The van der Waals surface area contributed by atoms with Gasteiger partial charge in [0.25, 0.3) is 0 Å². The highest BCUT2D eigenvalue weighted by atomic mass is 19.1. The summed E-state index contributed by atoms with van der Waals surface area (Å²) in [7, 11) is 0. The van der Waals surface area contributed by atoms with E-state index < -0.39 is 12.3 Å². The predicted molar refractivity (Wildman–Crippen MR) is 96.5 cm³/mol. The first kappa shape index (κ1) is 22.6. The molecule has 0 saturated heterocycles. The second kappa shape index (κ2) is 17.9. The van der Waals surface area contributed by atoms with Gasteiger partial charge in [-0.15, -0.1) is 0 Å². The van der Waals surface area contributed by atoms with Crippen LogP contribution in [0.3, 0.4) is 0 Å². The van der Waals surface area contributed by atoms with Crippen LogP contribution in [0, 0.1) is 0 Å². The van der Waals surface area contributed by atoms with E-state index in [2.05, 4.69) is 6.92 Å². The minimum absolute atomic E-state index is 0.0836. The van der Waals surface area contributed by atoms with Gasteiger partial charge < -0.3 is 9.90 Å². The van der Waals surface area contributed by atoms with E-state index in [1.54, 1.807) is 0 Å². The lowest BCUT2D eigenvalue weighted by Crippen LogP contribution is -2.22. The summed E-state index contributed by atoms with van der Waals surface area (Å²) in [5, 5.41) is 9.32. The molecule has 2 nitrogen and oxygen atoms in total. The van der Waals surface area contributed by atoms with Gasteiger partial charge in [-0.1, -0.05) is 96.8 Å². The van der Waals surface area contributed by atoms with E-state index in [9.17, 15) is 14.3 Å². The van der Waals surface area contributed by atoms with Gasteiger partial charge in [0.15, 0.2) is 0 Å². The molecule has 1 N–H and O–H groups in total. The Kier molecular flexibility index (Phi) is 17.6. The standard InChI is InChI=1S/C20H39FO2/c1-2-3-4-5-6-7-8-9-10-11-12-13-14-15-16-19(21)20(23)17-18-22/h18-20,23H,2-17H2,1H3. The van der Waals surface area contributed by atoms with Crippen molar-refractivity contribution in [2.75, 3.05) is 0 Å². The van der Waals surface area contributed by atoms with Crippen LogP contribution >= 0.6 is 0 Å². The number of alkyl halides is 1. The van der Waals surface area contributed by atoms with E-state index in [0.29, 0.717) is 12.7 Å². The number of aliphatic hydroxyl groups is 1. The van der Waals surface area contributed by atoms with Crippen LogP contribution in [0.15, 0.2) is 0 Å². The van der Waals surface area contributed by atoms with E-state index in [1.165, 1.54) is 70.6 Å². The van der Waals surface area contributed by atoms with Crippen molar-refractivity contribution < 1.29 is 14.3 Å². The summed E-state index contributed by atoms with van der Waals surface area (Å²) in [6.45, 7) is 2.26. The molecule has 0 spiro atoms. The topological polar surface area (TPSA) is 37.3 Å². The Balaban J connectivity index is 3.14. The zero-order valence-corrected chi connectivity index (χ0v) is 15.3. The van der Waals surface area contributed by atoms with Crippen molar-refractivity contribution in [2.45, 2.75) is 122 Å². The lowest BCUT2D eigenvalue weighted by Gasteiger charge is -2.12. The Labute approximate surface area is 143 Å². The van der Waals surface area contributed by atoms with Crippen molar-refractivity contribution in [3.05, 3.63) is 0 Å². The van der Waals surface area contributed by atoms with Crippen LogP contribution in [0.1, 0.15) is 110 Å². The summed E-state index contributed by atoms with van der Waals surface area (Å²) in [6, 6.07) is 0. The van der Waals surface area contributed by atoms with Gasteiger partial charge in [0.1, 0.15) is 12.5 Å². The second-order valence-corrected chi connectivity index (χ2v) is 6.87. The second-order valence-electron chi connectivity index (χ2n) is 6.87. The van der Waals surface area contributed by atoms with Crippen LogP contribution in [-0.2, 0) is 4.79 Å². The molecule has 2 atom stereocenters. The maximum absolute atomic E-state index is 13.4. The summed E-state index contributed by atoms with van der Waals surface area (Å²) in [4.78, 5) is 10.2. The molecule has 0 aliphatic carbocycles. The molecule has 0 bridgehead atoms. The third-order valence-corrected chi connectivity index (χ3v) is 4.59. The average molecular weight is 331 g/mol. The number of hydrogen-bond donors (Lipinski definition) is 1. The van der Waals surface area contributed by atoms with Gasteiger partial charge in [-0.25, -0.2) is 4.39 Å². The minimum atomic E-state index is -1.24. The van der Waals surface area contributed by atoms with Crippen LogP contribution in [0.4, 0.5) is 4.39 Å². The Morgan fingerprint density at radius 3 is 1.57 bits per heavy atom. The van der Waals surface area contributed by atoms with Crippen molar-refractivity contribution in [2.24, 2.45) is 0 Å². The largest absolute Gasteiger partial charge is 0.390 e. The monoisotopic (exact) mass is 330 g/mol. The summed E-state index contributed by atoms with van der Waals surface area (Å²) in [6.07, 6.45) is 16.5. The van der Waals surface area contributed by atoms with Gasteiger partial charge in [-0.2, -0.15) is 0 Å². The quantitative estimate of drug-likeness (QED) is 0.242. The molecule has 2 unspecified atom stereocenters. The normalized spacial score (nSPS) is 13.9. The third kappa shape index (κ3) is 16.2. The lowest BCUT2D eigenvalue weighted by atomic mass is 10.0. The number of unbranched alkanes of at least 4 members (excludes halogenated alkanes) is 13. The number of carbonyl (C=O) groups is 1. The van der Waals surface area contributed by atoms with Crippen molar-refractivity contribution in [1.82, 2.24) is 0 Å². The zero-order valence-electron chi connectivity index (χ0n) is 15.3. The highest BCUT2D eigenvalue weighted by Crippen LogP contribution is 2.15. The molecule has 0 amide bonds. The van der Waals surface area contributed by atoms with E-state index in [4.69, 9.17) is 0 Å². The van der Waals surface area contributed by atoms with Gasteiger partial charge in [-0.05, 0) is 6.42 Å². The zero-order chi connectivity index (χ0) is 17.2. The SMILES string of the molecule is CCCCCCCCCCCCCCCCC(F)C(O)CC=O. The lowest BCUT2D eigenvalue weighted by molar-refractivity contribution is -0.110. The Hall–Kier alpha value is -0.440. The van der Waals surface area contributed by atoms with Gasteiger partial charge in [-0.3, -0.25) is 0 Å². The Morgan fingerprint density at radius 2 is 1.17 bits per heavy atom. The number of aliphatic hydroxyl groups excluding tert-OH is 1. The highest BCUT2D eigenvalue weighted by Gasteiger charge is 2.16. The average Bonchev–Trinajstić information content (AvgIpc) is 2.55. The van der Waals surface area contributed by atoms with E-state index in [1.807, 2.05) is 0 Å². The van der Waals surface area contributed by atoms with E-state index in [-0.39, 0.29) is 6.42 Å². The molecule has 3 heteroatoms. The maximum atomic E-state index is 13.4. The highest BCUT2D eigenvalue weighted by molar-refractivity contribution is 5.50. The fourth-order valence-corrected chi connectivity index (χ4v) is 2.97. The van der Waals surface area contributed by atoms with Crippen LogP contribution in [0.5, 0.6) is 0 Å². The number of carbonyl (C=O) groups excluding carboxylic acids is 1. The molecule has 0 radical (unpaired) electrons. The van der Waals surface area contributed by atoms with Crippen LogP contribution in [0.2, 0.25) is 0 Å². The van der Waals surface area contributed by atoms with Gasteiger partial charge in [0.05, 0.1) is 6.10 Å². The number of rotatable bonds is 18. The first-order valence-electron chi connectivity index (χ1n) is 9.98. The minimum Gasteiger partial charge on any atom is -0.390 e. The van der Waals surface area contributed by atoms with Gasteiger partial charge >= 0.3 is 0 Å². The smallest absolute Gasteiger partial charge is 0.126 e. The van der Waals surface area contributed by atoms with Crippen LogP contribution in [-0.4, -0.2) is 23.7 Å². The molecular formula is C20H39FO2. The first-order chi connectivity index (χ1) is 11.2. The molecule has 0 aromatic carbocycles. The van der Waals surface area contributed by atoms with Crippen molar-refractivity contribution in [1.29, 1.82) is 0 Å². The number of halogens is 1. The summed E-state index contributed by atoms with van der Waals surface area (Å²) in [5.41, 5.74) is 0. The van der Waals surface area contributed by atoms with Gasteiger partial charge in [0.2, 0.25) is 0 Å². The predicted octanol–water partition coefficient (Wildman–Crippen LogP) is 6.15. The number of aldehydes is 1. The van der Waals surface area contributed by atoms with E-state index in [0.717, 1.165) is 19.3 Å². The molecule has 0 rings (SSSR count). The van der Waals surface area contributed by atoms with Crippen molar-refractivity contribution in [3.63, 3.8) is 0 Å². The molecule has 0 saturated carbocycles. The summed E-state index contributed by atoms with van der Waals surface area (Å²) in [5.74, 6) is 0. The molecule has 0 aromatic heterocycles. The Bertz CT molecular complexity index is 246. The fourth-order valence-electron chi connectivity index (χ4n) is 2.97. The van der Waals surface area contributed by atoms with Crippen LogP contribution < -0.4 is 0 Å². The Morgan fingerprint density at radius 1 is 0.783 bits per heavy atom. The first-order valence-corrected chi connectivity index (χ1v) is 9.98. The summed E-state index contributed by atoms with van der Waals surface area (Å²) < 4.78 is 13.4. The van der Waals surface area contributed by atoms with Crippen molar-refractivity contribution in [3.8, 4) is 0 Å². The third-order valence-electron chi connectivity index (χ3n) is 4.59. The molecule has 0 aromatic rings.